The molecule has 0 atom stereocenters. The second kappa shape index (κ2) is 5.58. The molecule has 1 nitrogen and oxygen atoms in total. The number of anilines is 1. The number of nitrogens with one attached hydrogen (secondary N) is 1. The first-order valence-corrected chi connectivity index (χ1v) is 8.49. The predicted octanol–water partition coefficient (Wildman–Crippen LogP) is 5.55. The van der Waals surface area contributed by atoms with Gasteiger partial charge in [-0.05, 0) is 68.0 Å². The molecular weight excluding hydrogens is 434 g/mol. The van der Waals surface area contributed by atoms with Crippen LogP contribution in [0, 0.1) is 0 Å². The highest BCUT2D eigenvalue weighted by atomic mass is 79.9. The molecule has 4 heteroatoms. The second-order valence-electron chi connectivity index (χ2n) is 4.76. The summed E-state index contributed by atoms with van der Waals surface area (Å²) in [5.74, 6) is 0. The van der Waals surface area contributed by atoms with Gasteiger partial charge in [0, 0.05) is 19.5 Å². The van der Waals surface area contributed by atoms with Crippen molar-refractivity contribution in [2.24, 2.45) is 0 Å². The summed E-state index contributed by atoms with van der Waals surface area (Å²) in [5.41, 5.74) is 4.05. The van der Waals surface area contributed by atoms with Crippen LogP contribution in [-0.2, 0) is 12.8 Å². The summed E-state index contributed by atoms with van der Waals surface area (Å²) in [6.45, 7) is 0. The molecule has 0 heterocycles. The third-order valence-corrected chi connectivity index (χ3v) is 5.12. The molecule has 98 valence electrons. The first kappa shape index (κ1) is 13.7. The zero-order valence-corrected chi connectivity index (χ0v) is 14.8. The van der Waals surface area contributed by atoms with E-state index in [9.17, 15) is 0 Å². The minimum Gasteiger partial charge on any atom is -0.380 e. The second-order valence-corrected chi connectivity index (χ2v) is 7.39. The maximum Gasteiger partial charge on any atom is 0.0632 e. The number of hydrogen-bond donors (Lipinski definition) is 1. The first-order chi connectivity index (χ1) is 9.13. The number of rotatable bonds is 2. The first-order valence-electron chi connectivity index (χ1n) is 6.11. The van der Waals surface area contributed by atoms with E-state index in [1.165, 1.54) is 11.1 Å². The van der Waals surface area contributed by atoms with E-state index in [-0.39, 0.29) is 0 Å². The van der Waals surface area contributed by atoms with Crippen molar-refractivity contribution in [3.05, 3.63) is 60.9 Å². The lowest BCUT2D eigenvalue weighted by molar-refractivity contribution is 0.773. The van der Waals surface area contributed by atoms with Crippen molar-refractivity contribution >= 4 is 53.5 Å². The average Bonchev–Trinajstić information content (AvgIpc) is 2.76. The van der Waals surface area contributed by atoms with Crippen LogP contribution in [0.1, 0.15) is 11.1 Å². The Balaban J connectivity index is 1.82. The highest BCUT2D eigenvalue weighted by Gasteiger charge is 2.22. The smallest absolute Gasteiger partial charge is 0.0632 e. The minimum atomic E-state index is 0.464. The molecule has 0 aliphatic heterocycles. The van der Waals surface area contributed by atoms with Crippen molar-refractivity contribution in [2.75, 3.05) is 5.32 Å². The molecule has 0 fully saturated rings. The van der Waals surface area contributed by atoms with Crippen LogP contribution >= 0.6 is 47.8 Å². The van der Waals surface area contributed by atoms with Crippen molar-refractivity contribution in [3.63, 3.8) is 0 Å². The molecule has 0 saturated carbocycles. The molecule has 1 aliphatic rings. The number of halogens is 3. The Kier molecular flexibility index (Phi) is 4.01. The van der Waals surface area contributed by atoms with Crippen molar-refractivity contribution < 1.29 is 0 Å². The largest absolute Gasteiger partial charge is 0.380 e. The van der Waals surface area contributed by atoms with Gasteiger partial charge in [-0.3, -0.25) is 0 Å². The van der Waals surface area contributed by atoms with E-state index in [4.69, 9.17) is 0 Å². The van der Waals surface area contributed by atoms with Gasteiger partial charge in [0.2, 0.25) is 0 Å². The molecular formula is C15H12Br3N. The lowest BCUT2D eigenvalue weighted by atomic mass is 10.1. The van der Waals surface area contributed by atoms with Crippen molar-refractivity contribution in [2.45, 2.75) is 18.9 Å². The van der Waals surface area contributed by atoms with Crippen molar-refractivity contribution in [1.82, 2.24) is 0 Å². The summed E-state index contributed by atoms with van der Waals surface area (Å²) < 4.78 is 3.21. The minimum absolute atomic E-state index is 0.464. The zero-order chi connectivity index (χ0) is 13.4. The van der Waals surface area contributed by atoms with Gasteiger partial charge in [0.1, 0.15) is 0 Å². The molecule has 19 heavy (non-hydrogen) atoms. The fourth-order valence-corrected chi connectivity index (χ4v) is 5.03. The van der Waals surface area contributed by atoms with Crippen LogP contribution in [0.15, 0.2) is 49.8 Å². The lowest BCUT2D eigenvalue weighted by Gasteiger charge is -2.17. The number of benzene rings is 2. The summed E-state index contributed by atoms with van der Waals surface area (Å²) in [7, 11) is 0. The van der Waals surface area contributed by atoms with E-state index in [1.54, 1.807) is 0 Å². The standard InChI is InChI=1S/C15H12Br3N/c16-11-7-13(17)15(14(18)8-11)19-12-5-9-3-1-2-4-10(9)6-12/h1-4,7-8,12,19H,5-6H2. The Labute approximate surface area is 138 Å². The average molecular weight is 446 g/mol. The topological polar surface area (TPSA) is 12.0 Å². The Hall–Kier alpha value is -0.320. The maximum absolute atomic E-state index is 3.64. The lowest BCUT2D eigenvalue weighted by Crippen LogP contribution is -2.20. The Morgan fingerprint density at radius 1 is 0.895 bits per heavy atom. The molecule has 0 bridgehead atoms. The van der Waals surface area contributed by atoms with Crippen LogP contribution in [0.4, 0.5) is 5.69 Å². The SMILES string of the molecule is Brc1cc(Br)c(NC2Cc3ccccc3C2)c(Br)c1. The number of hydrogen-bond acceptors (Lipinski definition) is 1. The van der Waals surface area contributed by atoms with Crippen LogP contribution in [0.25, 0.3) is 0 Å². The molecule has 2 aromatic rings. The molecule has 1 aliphatic carbocycles. The molecule has 3 rings (SSSR count). The van der Waals surface area contributed by atoms with Gasteiger partial charge in [0.15, 0.2) is 0 Å². The van der Waals surface area contributed by atoms with Gasteiger partial charge in [-0.1, -0.05) is 40.2 Å². The maximum atomic E-state index is 3.64. The van der Waals surface area contributed by atoms with Crippen LogP contribution in [0.5, 0.6) is 0 Å². The van der Waals surface area contributed by atoms with Gasteiger partial charge in [-0.25, -0.2) is 0 Å². The molecule has 0 spiro atoms. The molecule has 1 N–H and O–H groups in total. The summed E-state index contributed by atoms with van der Waals surface area (Å²) in [6, 6.07) is 13.3. The van der Waals surface area contributed by atoms with Gasteiger partial charge >= 0.3 is 0 Å². The molecule has 0 saturated heterocycles. The van der Waals surface area contributed by atoms with E-state index in [1.807, 2.05) is 0 Å². The molecule has 0 aromatic heterocycles. The molecule has 0 amide bonds. The van der Waals surface area contributed by atoms with Gasteiger partial charge < -0.3 is 5.32 Å². The van der Waals surface area contributed by atoms with Crippen LogP contribution in [0.3, 0.4) is 0 Å². The summed E-state index contributed by atoms with van der Waals surface area (Å²) in [6.07, 6.45) is 2.18. The third-order valence-electron chi connectivity index (χ3n) is 3.41. The zero-order valence-electron chi connectivity index (χ0n) is 10.1. The van der Waals surface area contributed by atoms with Gasteiger partial charge in [0.05, 0.1) is 5.69 Å². The van der Waals surface area contributed by atoms with Gasteiger partial charge in [-0.2, -0.15) is 0 Å². The predicted molar refractivity (Wildman–Crippen MR) is 90.8 cm³/mol. The molecule has 0 radical (unpaired) electrons. The number of fused-ring (bicyclic) bond motifs is 1. The monoisotopic (exact) mass is 443 g/mol. The quantitative estimate of drug-likeness (QED) is 0.638. The van der Waals surface area contributed by atoms with Crippen molar-refractivity contribution in [3.8, 4) is 0 Å². The molecule has 2 aromatic carbocycles. The Bertz CT molecular complexity index is 577. The van der Waals surface area contributed by atoms with Gasteiger partial charge in [-0.15, -0.1) is 0 Å². The van der Waals surface area contributed by atoms with Gasteiger partial charge in [0.25, 0.3) is 0 Å². The van der Waals surface area contributed by atoms with E-state index in [0.717, 1.165) is 31.9 Å². The fourth-order valence-electron chi connectivity index (χ4n) is 2.55. The highest BCUT2D eigenvalue weighted by molar-refractivity contribution is 9.11. The summed E-state index contributed by atoms with van der Waals surface area (Å²) in [4.78, 5) is 0. The normalized spacial score (nSPS) is 14.5. The Morgan fingerprint density at radius 3 is 1.95 bits per heavy atom. The van der Waals surface area contributed by atoms with Crippen LogP contribution in [-0.4, -0.2) is 6.04 Å². The third kappa shape index (κ3) is 2.91. The Morgan fingerprint density at radius 2 is 1.42 bits per heavy atom. The van der Waals surface area contributed by atoms with E-state index in [2.05, 4.69) is 89.5 Å². The van der Waals surface area contributed by atoms with E-state index in [0.29, 0.717) is 6.04 Å². The molecule has 0 unspecified atom stereocenters. The summed E-state index contributed by atoms with van der Waals surface area (Å²) in [5, 5.41) is 3.64. The van der Waals surface area contributed by atoms with Crippen LogP contribution < -0.4 is 5.32 Å². The van der Waals surface area contributed by atoms with E-state index < -0.39 is 0 Å². The summed E-state index contributed by atoms with van der Waals surface area (Å²) >= 11 is 10.7. The van der Waals surface area contributed by atoms with Crippen LogP contribution in [0.2, 0.25) is 0 Å². The van der Waals surface area contributed by atoms with E-state index >= 15 is 0 Å². The fraction of sp³-hybridized carbons (Fsp3) is 0.200. The highest BCUT2D eigenvalue weighted by Crippen LogP contribution is 2.36. The van der Waals surface area contributed by atoms with Crippen molar-refractivity contribution in [1.29, 1.82) is 0 Å².